The second-order valence-corrected chi connectivity index (χ2v) is 6.58. The van der Waals surface area contributed by atoms with Crippen LogP contribution in [-0.4, -0.2) is 18.4 Å². The van der Waals surface area contributed by atoms with Crippen molar-refractivity contribution in [3.8, 4) is 0 Å². The molecule has 0 radical (unpaired) electrons. The molecule has 0 saturated carbocycles. The Morgan fingerprint density at radius 2 is 2.13 bits per heavy atom. The van der Waals surface area contributed by atoms with E-state index < -0.39 is 11.7 Å². The molecule has 2 amide bonds. The summed E-state index contributed by atoms with van der Waals surface area (Å²) < 4.78 is 13.8. The van der Waals surface area contributed by atoms with Crippen molar-refractivity contribution in [3.63, 3.8) is 0 Å². The molecule has 2 aromatic rings. The Morgan fingerprint density at radius 3 is 2.83 bits per heavy atom. The minimum Gasteiger partial charge on any atom is -0.348 e. The van der Waals surface area contributed by atoms with Gasteiger partial charge in [-0.25, -0.2) is 4.39 Å². The van der Waals surface area contributed by atoms with Gasteiger partial charge in [-0.15, -0.1) is 11.3 Å². The average molecular weight is 332 g/mol. The third kappa shape index (κ3) is 3.27. The van der Waals surface area contributed by atoms with Crippen LogP contribution >= 0.6 is 11.3 Å². The largest absolute Gasteiger partial charge is 0.348 e. The van der Waals surface area contributed by atoms with Crippen LogP contribution in [0, 0.1) is 11.7 Å². The van der Waals surface area contributed by atoms with Gasteiger partial charge in [0.2, 0.25) is 11.8 Å². The van der Waals surface area contributed by atoms with Gasteiger partial charge in [0.05, 0.1) is 17.6 Å². The van der Waals surface area contributed by atoms with E-state index in [4.69, 9.17) is 0 Å². The van der Waals surface area contributed by atoms with E-state index in [0.717, 1.165) is 4.88 Å². The number of amides is 2. The molecule has 1 N–H and O–H groups in total. The summed E-state index contributed by atoms with van der Waals surface area (Å²) in [6, 6.07) is 9.92. The summed E-state index contributed by atoms with van der Waals surface area (Å²) >= 11 is 1.57. The van der Waals surface area contributed by atoms with Crippen LogP contribution in [-0.2, 0) is 9.59 Å². The fourth-order valence-corrected chi connectivity index (χ4v) is 3.46. The first kappa shape index (κ1) is 15.7. The summed E-state index contributed by atoms with van der Waals surface area (Å²) in [5.41, 5.74) is 0.235. The number of benzene rings is 1. The molecule has 3 rings (SSSR count). The highest BCUT2D eigenvalue weighted by Crippen LogP contribution is 2.28. The molecular weight excluding hydrogens is 315 g/mol. The number of halogens is 1. The maximum atomic E-state index is 13.8. The van der Waals surface area contributed by atoms with Crippen molar-refractivity contribution in [3.05, 3.63) is 52.5 Å². The molecule has 0 spiro atoms. The molecule has 0 unspecified atom stereocenters. The van der Waals surface area contributed by atoms with Crippen LogP contribution in [0.3, 0.4) is 0 Å². The standard InChI is InChI=1S/C17H17FN2O2S/c1-11(15-7-4-8-23-15)19-17(22)12-9-16(21)20(10-12)14-6-3-2-5-13(14)18/h2-8,11-12H,9-10H2,1H3,(H,19,22)/t11-,12-/m1/s1. The predicted octanol–water partition coefficient (Wildman–Crippen LogP) is 3.12. The first-order valence-electron chi connectivity index (χ1n) is 7.45. The molecule has 1 aliphatic rings. The van der Waals surface area contributed by atoms with Crippen molar-refractivity contribution in [2.75, 3.05) is 11.4 Å². The molecule has 2 atom stereocenters. The molecule has 120 valence electrons. The predicted molar refractivity (Wildman–Crippen MR) is 87.7 cm³/mol. The number of carbonyl (C=O) groups excluding carboxylic acids is 2. The van der Waals surface area contributed by atoms with Crippen LogP contribution in [0.1, 0.15) is 24.3 Å². The van der Waals surface area contributed by atoms with Crippen LogP contribution in [0.15, 0.2) is 41.8 Å². The second-order valence-electron chi connectivity index (χ2n) is 5.60. The number of hydrogen-bond acceptors (Lipinski definition) is 3. The SMILES string of the molecule is C[C@@H](NC(=O)[C@@H]1CC(=O)N(c2ccccc2F)C1)c1cccs1. The monoisotopic (exact) mass is 332 g/mol. The molecule has 2 heterocycles. The van der Waals surface area contributed by atoms with Gasteiger partial charge in [-0.3, -0.25) is 9.59 Å². The zero-order valence-electron chi connectivity index (χ0n) is 12.7. The number of para-hydroxylation sites is 1. The van der Waals surface area contributed by atoms with Crippen LogP contribution in [0.2, 0.25) is 0 Å². The van der Waals surface area contributed by atoms with Gasteiger partial charge in [-0.1, -0.05) is 18.2 Å². The lowest BCUT2D eigenvalue weighted by Gasteiger charge is -2.18. The van der Waals surface area contributed by atoms with Gasteiger partial charge in [-0.05, 0) is 30.5 Å². The molecular formula is C17H17FN2O2S. The molecule has 0 bridgehead atoms. The normalized spacial score (nSPS) is 19.0. The summed E-state index contributed by atoms with van der Waals surface area (Å²) in [4.78, 5) is 26.9. The Morgan fingerprint density at radius 1 is 1.35 bits per heavy atom. The Hall–Kier alpha value is -2.21. The summed E-state index contributed by atoms with van der Waals surface area (Å²) in [6.07, 6.45) is 0.108. The van der Waals surface area contributed by atoms with E-state index in [1.165, 1.54) is 11.0 Å². The topological polar surface area (TPSA) is 49.4 Å². The quantitative estimate of drug-likeness (QED) is 0.935. The van der Waals surface area contributed by atoms with Crippen LogP contribution in [0.4, 0.5) is 10.1 Å². The third-order valence-corrected chi connectivity index (χ3v) is 5.02. The average Bonchev–Trinajstić information content (AvgIpc) is 3.17. The van der Waals surface area contributed by atoms with Crippen molar-refractivity contribution < 1.29 is 14.0 Å². The van der Waals surface area contributed by atoms with E-state index in [0.29, 0.717) is 0 Å². The summed E-state index contributed by atoms with van der Waals surface area (Å²) in [7, 11) is 0. The fourth-order valence-electron chi connectivity index (χ4n) is 2.73. The Balaban J connectivity index is 1.67. The summed E-state index contributed by atoms with van der Waals surface area (Å²) in [6.45, 7) is 2.12. The van der Waals surface area contributed by atoms with Crippen LogP contribution in [0.25, 0.3) is 0 Å². The summed E-state index contributed by atoms with van der Waals surface area (Å²) in [5, 5.41) is 4.89. The van der Waals surface area contributed by atoms with E-state index in [1.54, 1.807) is 29.5 Å². The minimum atomic E-state index is -0.454. The number of nitrogens with one attached hydrogen (secondary N) is 1. The highest BCUT2D eigenvalue weighted by molar-refractivity contribution is 7.10. The van der Waals surface area contributed by atoms with Crippen molar-refractivity contribution in [1.29, 1.82) is 0 Å². The lowest BCUT2D eigenvalue weighted by molar-refractivity contribution is -0.126. The van der Waals surface area contributed by atoms with Crippen molar-refractivity contribution in [2.45, 2.75) is 19.4 Å². The second kappa shape index (κ2) is 6.50. The Labute approximate surface area is 137 Å². The van der Waals surface area contributed by atoms with Gasteiger partial charge in [-0.2, -0.15) is 0 Å². The fraction of sp³-hybridized carbons (Fsp3) is 0.294. The summed E-state index contributed by atoms with van der Waals surface area (Å²) in [5.74, 6) is -1.30. The molecule has 1 aliphatic heterocycles. The number of carbonyl (C=O) groups is 2. The lowest BCUT2D eigenvalue weighted by atomic mass is 10.1. The van der Waals surface area contributed by atoms with Crippen LogP contribution in [0.5, 0.6) is 0 Å². The van der Waals surface area contributed by atoms with E-state index >= 15 is 0 Å². The number of nitrogens with zero attached hydrogens (tertiary/aromatic N) is 1. The number of rotatable bonds is 4. The first-order valence-corrected chi connectivity index (χ1v) is 8.33. The van der Waals surface area contributed by atoms with Gasteiger partial charge in [0, 0.05) is 17.8 Å². The molecule has 6 heteroatoms. The zero-order valence-corrected chi connectivity index (χ0v) is 13.5. The number of thiophene rings is 1. The maximum absolute atomic E-state index is 13.8. The molecule has 4 nitrogen and oxygen atoms in total. The highest BCUT2D eigenvalue weighted by Gasteiger charge is 2.36. The van der Waals surface area contributed by atoms with Gasteiger partial charge in [0.25, 0.3) is 0 Å². The smallest absolute Gasteiger partial charge is 0.227 e. The Kier molecular flexibility index (Phi) is 4.43. The van der Waals surface area contributed by atoms with E-state index in [9.17, 15) is 14.0 Å². The van der Waals surface area contributed by atoms with Gasteiger partial charge in [0.15, 0.2) is 0 Å². The number of hydrogen-bond donors (Lipinski definition) is 1. The first-order chi connectivity index (χ1) is 11.1. The molecule has 1 fully saturated rings. The van der Waals surface area contributed by atoms with Crippen molar-refractivity contribution in [2.24, 2.45) is 5.92 Å². The maximum Gasteiger partial charge on any atom is 0.227 e. The van der Waals surface area contributed by atoms with Crippen molar-refractivity contribution in [1.82, 2.24) is 5.32 Å². The molecule has 0 aliphatic carbocycles. The third-order valence-electron chi connectivity index (χ3n) is 3.97. The zero-order chi connectivity index (χ0) is 16.4. The highest BCUT2D eigenvalue weighted by atomic mass is 32.1. The minimum absolute atomic E-state index is 0.0971. The van der Waals surface area contributed by atoms with E-state index in [2.05, 4.69) is 5.32 Å². The number of anilines is 1. The Bertz CT molecular complexity index is 717. The van der Waals surface area contributed by atoms with E-state index in [1.807, 2.05) is 24.4 Å². The molecule has 23 heavy (non-hydrogen) atoms. The molecule has 1 aromatic heterocycles. The molecule has 1 aromatic carbocycles. The van der Waals surface area contributed by atoms with Gasteiger partial charge >= 0.3 is 0 Å². The van der Waals surface area contributed by atoms with Crippen LogP contribution < -0.4 is 10.2 Å². The van der Waals surface area contributed by atoms with Gasteiger partial charge in [0.1, 0.15) is 5.82 Å². The lowest BCUT2D eigenvalue weighted by Crippen LogP contribution is -2.34. The van der Waals surface area contributed by atoms with E-state index in [-0.39, 0.29) is 36.5 Å². The van der Waals surface area contributed by atoms with Gasteiger partial charge < -0.3 is 10.2 Å². The molecule has 1 saturated heterocycles. The van der Waals surface area contributed by atoms with Crippen molar-refractivity contribution >= 4 is 28.8 Å².